The number of aryl methyl sites for hydroxylation is 3. The molecule has 0 unspecified atom stereocenters. The van der Waals surface area contributed by atoms with Crippen molar-refractivity contribution in [2.45, 2.75) is 13.8 Å². The van der Waals surface area contributed by atoms with Crippen LogP contribution in [0.15, 0.2) is 22.8 Å². The molecule has 2 rings (SSSR count). The minimum Gasteiger partial charge on any atom is -0.287 e. The molecule has 0 aliphatic heterocycles. The minimum absolute atomic E-state index is 0.0677. The first-order chi connectivity index (χ1) is 8.00. The standard InChI is InChI=1S/C12H12BrN3O/c1-7-4-5-9(8(2)6-7)11(17)10-12(13)14-15-16(10)3/h4-6H,1-3H3. The Balaban J connectivity index is 2.51. The van der Waals surface area contributed by atoms with Gasteiger partial charge in [0.1, 0.15) is 5.69 Å². The number of ketones is 1. The Kier molecular flexibility index (Phi) is 3.11. The van der Waals surface area contributed by atoms with Crippen LogP contribution in [0.2, 0.25) is 0 Å². The molecule has 88 valence electrons. The van der Waals surface area contributed by atoms with Gasteiger partial charge in [0.25, 0.3) is 0 Å². The number of hydrogen-bond acceptors (Lipinski definition) is 3. The number of benzene rings is 1. The fourth-order valence-electron chi connectivity index (χ4n) is 1.77. The molecule has 1 heterocycles. The van der Waals surface area contributed by atoms with Crippen molar-refractivity contribution in [2.24, 2.45) is 7.05 Å². The van der Waals surface area contributed by atoms with Crippen LogP contribution in [0.1, 0.15) is 27.2 Å². The number of rotatable bonds is 2. The highest BCUT2D eigenvalue weighted by Gasteiger charge is 2.19. The molecule has 0 spiro atoms. The van der Waals surface area contributed by atoms with E-state index in [-0.39, 0.29) is 5.78 Å². The summed E-state index contributed by atoms with van der Waals surface area (Å²) in [5.41, 5.74) is 3.25. The summed E-state index contributed by atoms with van der Waals surface area (Å²) in [6.07, 6.45) is 0. The van der Waals surface area contributed by atoms with Crippen LogP contribution in [0, 0.1) is 13.8 Å². The van der Waals surface area contributed by atoms with Crippen LogP contribution in [-0.4, -0.2) is 20.8 Å². The van der Waals surface area contributed by atoms with Gasteiger partial charge in [0.2, 0.25) is 5.78 Å². The van der Waals surface area contributed by atoms with E-state index in [2.05, 4.69) is 26.2 Å². The normalized spacial score (nSPS) is 10.6. The van der Waals surface area contributed by atoms with Gasteiger partial charge >= 0.3 is 0 Å². The molecule has 0 saturated heterocycles. The van der Waals surface area contributed by atoms with Gasteiger partial charge in [-0.3, -0.25) is 4.79 Å². The van der Waals surface area contributed by atoms with Crippen molar-refractivity contribution in [2.75, 3.05) is 0 Å². The molecule has 17 heavy (non-hydrogen) atoms. The molecule has 2 aromatic rings. The second-order valence-electron chi connectivity index (χ2n) is 4.00. The van der Waals surface area contributed by atoms with E-state index in [9.17, 15) is 4.79 Å². The minimum atomic E-state index is -0.0677. The van der Waals surface area contributed by atoms with Crippen LogP contribution < -0.4 is 0 Å². The van der Waals surface area contributed by atoms with Crippen molar-refractivity contribution in [3.05, 3.63) is 45.2 Å². The molecule has 0 fully saturated rings. The first kappa shape index (κ1) is 12.0. The van der Waals surface area contributed by atoms with E-state index >= 15 is 0 Å². The number of halogens is 1. The third-order valence-electron chi connectivity index (χ3n) is 2.63. The number of nitrogens with zero attached hydrogens (tertiary/aromatic N) is 3. The van der Waals surface area contributed by atoms with Gasteiger partial charge in [-0.1, -0.05) is 29.0 Å². The van der Waals surface area contributed by atoms with Gasteiger partial charge in [0, 0.05) is 12.6 Å². The number of carbonyl (C=O) groups excluding carboxylic acids is 1. The highest BCUT2D eigenvalue weighted by Crippen LogP contribution is 2.19. The summed E-state index contributed by atoms with van der Waals surface area (Å²) in [7, 11) is 1.70. The van der Waals surface area contributed by atoms with Crippen molar-refractivity contribution in [3.8, 4) is 0 Å². The molecule has 0 atom stereocenters. The average molecular weight is 294 g/mol. The summed E-state index contributed by atoms with van der Waals surface area (Å²) < 4.78 is 1.95. The summed E-state index contributed by atoms with van der Waals surface area (Å²) in [6, 6.07) is 5.76. The van der Waals surface area contributed by atoms with Crippen molar-refractivity contribution >= 4 is 21.7 Å². The summed E-state index contributed by atoms with van der Waals surface area (Å²) in [4.78, 5) is 12.4. The van der Waals surface area contributed by atoms with Gasteiger partial charge in [0.05, 0.1) is 0 Å². The molecular formula is C12H12BrN3O. The van der Waals surface area contributed by atoms with Gasteiger partial charge in [-0.05, 0) is 35.3 Å². The van der Waals surface area contributed by atoms with Crippen LogP contribution in [0.5, 0.6) is 0 Å². The Morgan fingerprint density at radius 3 is 2.59 bits per heavy atom. The summed E-state index contributed by atoms with van der Waals surface area (Å²) >= 11 is 3.24. The van der Waals surface area contributed by atoms with Crippen molar-refractivity contribution in [1.82, 2.24) is 15.0 Å². The second kappa shape index (κ2) is 4.41. The maximum absolute atomic E-state index is 12.4. The SMILES string of the molecule is Cc1ccc(C(=O)c2c(Br)nnn2C)c(C)c1. The van der Waals surface area contributed by atoms with E-state index in [1.165, 1.54) is 4.68 Å². The lowest BCUT2D eigenvalue weighted by atomic mass is 10.0. The number of aromatic nitrogens is 3. The molecule has 0 bridgehead atoms. The molecule has 1 aromatic heterocycles. The molecule has 4 nitrogen and oxygen atoms in total. The van der Waals surface area contributed by atoms with Crippen molar-refractivity contribution in [1.29, 1.82) is 0 Å². The highest BCUT2D eigenvalue weighted by atomic mass is 79.9. The van der Waals surface area contributed by atoms with Crippen LogP contribution in [0.4, 0.5) is 0 Å². The largest absolute Gasteiger partial charge is 0.287 e. The Bertz CT molecular complexity index is 570. The molecule has 0 amide bonds. The lowest BCUT2D eigenvalue weighted by molar-refractivity contribution is 0.102. The molecule has 0 radical (unpaired) electrons. The molecule has 1 aromatic carbocycles. The van der Waals surface area contributed by atoms with Crippen LogP contribution in [0.25, 0.3) is 0 Å². The van der Waals surface area contributed by atoms with Crippen molar-refractivity contribution < 1.29 is 4.79 Å². The maximum Gasteiger partial charge on any atom is 0.214 e. The molecule has 0 N–H and O–H groups in total. The van der Waals surface area contributed by atoms with Gasteiger partial charge in [0.15, 0.2) is 4.60 Å². The van der Waals surface area contributed by atoms with E-state index in [0.717, 1.165) is 11.1 Å². The topological polar surface area (TPSA) is 47.8 Å². The predicted octanol–water partition coefficient (Wildman–Crippen LogP) is 2.43. The lowest BCUT2D eigenvalue weighted by Gasteiger charge is -2.06. The smallest absolute Gasteiger partial charge is 0.214 e. The predicted molar refractivity (Wildman–Crippen MR) is 68.1 cm³/mol. The molecule has 0 aliphatic carbocycles. The summed E-state index contributed by atoms with van der Waals surface area (Å²) in [6.45, 7) is 3.93. The number of carbonyl (C=O) groups is 1. The summed E-state index contributed by atoms with van der Waals surface area (Å²) in [5.74, 6) is -0.0677. The van der Waals surface area contributed by atoms with Gasteiger partial charge < -0.3 is 0 Å². The van der Waals surface area contributed by atoms with E-state index in [1.54, 1.807) is 7.05 Å². The maximum atomic E-state index is 12.4. The molecular weight excluding hydrogens is 282 g/mol. The fraction of sp³-hybridized carbons (Fsp3) is 0.250. The Labute approximate surface area is 108 Å². The third-order valence-corrected chi connectivity index (χ3v) is 3.16. The Hall–Kier alpha value is -1.49. The molecule has 0 aliphatic rings. The highest BCUT2D eigenvalue weighted by molar-refractivity contribution is 9.10. The van der Waals surface area contributed by atoms with Crippen molar-refractivity contribution in [3.63, 3.8) is 0 Å². The van der Waals surface area contributed by atoms with E-state index in [0.29, 0.717) is 15.9 Å². The Morgan fingerprint density at radius 1 is 1.35 bits per heavy atom. The number of hydrogen-bond donors (Lipinski definition) is 0. The van der Waals surface area contributed by atoms with Gasteiger partial charge in [-0.2, -0.15) is 0 Å². The first-order valence-corrected chi connectivity index (χ1v) is 5.97. The van der Waals surface area contributed by atoms with Crippen LogP contribution in [0.3, 0.4) is 0 Å². The zero-order chi connectivity index (χ0) is 12.6. The zero-order valence-electron chi connectivity index (χ0n) is 9.86. The lowest BCUT2D eigenvalue weighted by Crippen LogP contribution is -2.10. The molecule has 5 heteroatoms. The quantitative estimate of drug-likeness (QED) is 0.799. The zero-order valence-corrected chi connectivity index (χ0v) is 11.4. The van der Waals surface area contributed by atoms with Gasteiger partial charge in [-0.15, -0.1) is 5.10 Å². The van der Waals surface area contributed by atoms with E-state index < -0.39 is 0 Å². The fourth-order valence-corrected chi connectivity index (χ4v) is 2.28. The monoisotopic (exact) mass is 293 g/mol. The summed E-state index contributed by atoms with van der Waals surface area (Å²) in [5, 5.41) is 7.63. The first-order valence-electron chi connectivity index (χ1n) is 5.18. The van der Waals surface area contributed by atoms with Crippen LogP contribution in [-0.2, 0) is 7.05 Å². The average Bonchev–Trinajstić information content (AvgIpc) is 2.58. The van der Waals surface area contributed by atoms with Gasteiger partial charge in [-0.25, -0.2) is 4.68 Å². The third kappa shape index (κ3) is 2.15. The molecule has 0 saturated carbocycles. The van der Waals surface area contributed by atoms with E-state index in [4.69, 9.17) is 0 Å². The van der Waals surface area contributed by atoms with Crippen LogP contribution >= 0.6 is 15.9 Å². The van der Waals surface area contributed by atoms with E-state index in [1.807, 2.05) is 32.0 Å². The second-order valence-corrected chi connectivity index (χ2v) is 4.75. The Morgan fingerprint density at radius 2 is 2.06 bits per heavy atom.